The molecule has 0 saturated heterocycles. The van der Waals surface area contributed by atoms with Gasteiger partial charge in [-0.2, -0.15) is 5.10 Å². The standard InChI is InChI=1S/C15H11ClN4/c16-15-12(9-11-5-1-2-6-13(11)19-15)10-18-20-14-7-3-4-8-17-14/h1-10H,(H,17,20)/b18-10-. The molecule has 0 bridgehead atoms. The molecule has 0 saturated carbocycles. The summed E-state index contributed by atoms with van der Waals surface area (Å²) in [6.07, 6.45) is 3.33. The predicted molar refractivity (Wildman–Crippen MR) is 82.2 cm³/mol. The molecule has 1 aromatic carbocycles. The first kappa shape index (κ1) is 12.6. The van der Waals surface area contributed by atoms with Gasteiger partial charge in [0.15, 0.2) is 0 Å². The molecule has 3 rings (SSSR count). The molecule has 0 aliphatic heterocycles. The van der Waals surface area contributed by atoms with Crippen molar-refractivity contribution in [1.29, 1.82) is 0 Å². The first-order chi connectivity index (χ1) is 9.83. The number of fused-ring (bicyclic) bond motifs is 1. The quantitative estimate of drug-likeness (QED) is 0.452. The van der Waals surface area contributed by atoms with Crippen LogP contribution >= 0.6 is 11.6 Å². The molecule has 0 amide bonds. The van der Waals surface area contributed by atoms with E-state index in [1.807, 2.05) is 48.5 Å². The van der Waals surface area contributed by atoms with Gasteiger partial charge in [-0.25, -0.2) is 9.97 Å². The minimum atomic E-state index is 0.426. The molecule has 3 aromatic rings. The van der Waals surface area contributed by atoms with E-state index in [9.17, 15) is 0 Å². The lowest BCUT2D eigenvalue weighted by Crippen LogP contribution is -1.94. The maximum atomic E-state index is 6.14. The third-order valence-corrected chi connectivity index (χ3v) is 3.05. The molecule has 0 spiro atoms. The monoisotopic (exact) mass is 282 g/mol. The number of halogens is 1. The number of anilines is 1. The number of rotatable bonds is 3. The predicted octanol–water partition coefficient (Wildman–Crippen LogP) is 3.73. The van der Waals surface area contributed by atoms with Crippen molar-refractivity contribution in [3.63, 3.8) is 0 Å². The minimum Gasteiger partial charge on any atom is -0.261 e. The summed E-state index contributed by atoms with van der Waals surface area (Å²) in [5.41, 5.74) is 4.47. The third kappa shape index (κ3) is 2.75. The Bertz CT molecular complexity index is 756. The third-order valence-electron chi connectivity index (χ3n) is 2.75. The fraction of sp³-hybridized carbons (Fsp3) is 0. The maximum absolute atomic E-state index is 6.14. The zero-order chi connectivity index (χ0) is 13.8. The van der Waals surface area contributed by atoms with E-state index in [1.54, 1.807) is 12.4 Å². The SMILES string of the molecule is Clc1nc2ccccc2cc1/C=N\Nc1ccccn1. The van der Waals surface area contributed by atoms with E-state index in [0.29, 0.717) is 11.0 Å². The molecule has 0 aliphatic carbocycles. The van der Waals surface area contributed by atoms with E-state index < -0.39 is 0 Å². The van der Waals surface area contributed by atoms with Crippen molar-refractivity contribution < 1.29 is 0 Å². The number of nitrogens with zero attached hydrogens (tertiary/aromatic N) is 3. The number of pyridine rings is 2. The first-order valence-electron chi connectivity index (χ1n) is 6.08. The van der Waals surface area contributed by atoms with Gasteiger partial charge in [-0.15, -0.1) is 0 Å². The number of hydrazone groups is 1. The summed E-state index contributed by atoms with van der Waals surface area (Å²) in [7, 11) is 0. The second-order valence-corrected chi connectivity index (χ2v) is 4.50. The van der Waals surface area contributed by atoms with Gasteiger partial charge in [-0.1, -0.05) is 35.9 Å². The second-order valence-electron chi connectivity index (χ2n) is 4.15. The van der Waals surface area contributed by atoms with Crippen molar-refractivity contribution in [2.45, 2.75) is 0 Å². The highest BCUT2D eigenvalue weighted by molar-refractivity contribution is 6.32. The van der Waals surface area contributed by atoms with Crippen LogP contribution in [0, 0.1) is 0 Å². The Morgan fingerprint density at radius 3 is 2.80 bits per heavy atom. The fourth-order valence-corrected chi connectivity index (χ4v) is 1.99. The van der Waals surface area contributed by atoms with Crippen molar-refractivity contribution in [2.75, 3.05) is 5.43 Å². The summed E-state index contributed by atoms with van der Waals surface area (Å²) < 4.78 is 0. The van der Waals surface area contributed by atoms with E-state index in [0.717, 1.165) is 16.5 Å². The number of hydrogen-bond donors (Lipinski definition) is 1. The number of hydrogen-bond acceptors (Lipinski definition) is 4. The summed E-state index contributed by atoms with van der Waals surface area (Å²) in [5.74, 6) is 0.675. The average Bonchev–Trinajstić information content (AvgIpc) is 2.49. The molecule has 2 aromatic heterocycles. The number of para-hydroxylation sites is 1. The van der Waals surface area contributed by atoms with Crippen LogP contribution in [0.2, 0.25) is 5.15 Å². The van der Waals surface area contributed by atoms with Crippen LogP contribution in [-0.2, 0) is 0 Å². The van der Waals surface area contributed by atoms with Crippen LogP contribution in [0.4, 0.5) is 5.82 Å². The average molecular weight is 283 g/mol. The van der Waals surface area contributed by atoms with Gasteiger partial charge in [0.2, 0.25) is 0 Å². The molecule has 1 N–H and O–H groups in total. The van der Waals surface area contributed by atoms with Gasteiger partial charge in [0, 0.05) is 17.1 Å². The molecule has 5 heteroatoms. The number of nitrogens with one attached hydrogen (secondary N) is 1. The zero-order valence-corrected chi connectivity index (χ0v) is 11.2. The van der Waals surface area contributed by atoms with Crippen molar-refractivity contribution in [2.24, 2.45) is 5.10 Å². The Labute approximate surface area is 121 Å². The van der Waals surface area contributed by atoms with Gasteiger partial charge in [0.1, 0.15) is 11.0 Å². The molecule has 98 valence electrons. The smallest absolute Gasteiger partial charge is 0.146 e. The summed E-state index contributed by atoms with van der Waals surface area (Å²) in [5, 5.41) is 5.57. The largest absolute Gasteiger partial charge is 0.261 e. The Balaban J connectivity index is 1.85. The lowest BCUT2D eigenvalue weighted by atomic mass is 10.2. The summed E-state index contributed by atoms with van der Waals surface area (Å²) in [6, 6.07) is 15.3. The fourth-order valence-electron chi connectivity index (χ4n) is 1.80. The van der Waals surface area contributed by atoms with E-state index in [1.165, 1.54) is 0 Å². The Hall–Kier alpha value is -2.46. The highest BCUT2D eigenvalue weighted by atomic mass is 35.5. The maximum Gasteiger partial charge on any atom is 0.146 e. The molecule has 0 radical (unpaired) electrons. The molecule has 0 aliphatic rings. The molecule has 4 nitrogen and oxygen atoms in total. The number of aromatic nitrogens is 2. The highest BCUT2D eigenvalue weighted by Gasteiger charge is 2.02. The molecule has 2 heterocycles. The number of benzene rings is 1. The lowest BCUT2D eigenvalue weighted by molar-refractivity contribution is 1.23. The van der Waals surface area contributed by atoms with Gasteiger partial charge in [0.05, 0.1) is 11.7 Å². The molecule has 0 unspecified atom stereocenters. The molecular weight excluding hydrogens is 272 g/mol. The molecule has 0 atom stereocenters. The van der Waals surface area contributed by atoms with Gasteiger partial charge in [-0.3, -0.25) is 5.43 Å². The van der Waals surface area contributed by atoms with E-state index in [4.69, 9.17) is 11.6 Å². The molecule has 20 heavy (non-hydrogen) atoms. The molecular formula is C15H11ClN4. The lowest BCUT2D eigenvalue weighted by Gasteiger charge is -2.02. The topological polar surface area (TPSA) is 50.2 Å². The van der Waals surface area contributed by atoms with Gasteiger partial charge in [0.25, 0.3) is 0 Å². The van der Waals surface area contributed by atoms with Crippen LogP contribution in [0.25, 0.3) is 10.9 Å². The van der Waals surface area contributed by atoms with Crippen LogP contribution < -0.4 is 5.43 Å². The van der Waals surface area contributed by atoms with Gasteiger partial charge >= 0.3 is 0 Å². The van der Waals surface area contributed by atoms with Crippen LogP contribution in [-0.4, -0.2) is 16.2 Å². The van der Waals surface area contributed by atoms with Gasteiger partial charge in [-0.05, 0) is 24.3 Å². The normalized spacial score (nSPS) is 11.1. The molecule has 0 fully saturated rings. The van der Waals surface area contributed by atoms with Crippen LogP contribution in [0.3, 0.4) is 0 Å². The van der Waals surface area contributed by atoms with E-state index in [2.05, 4.69) is 20.5 Å². The van der Waals surface area contributed by atoms with E-state index >= 15 is 0 Å². The van der Waals surface area contributed by atoms with Crippen LogP contribution in [0.5, 0.6) is 0 Å². The van der Waals surface area contributed by atoms with Crippen molar-refractivity contribution in [3.8, 4) is 0 Å². The van der Waals surface area contributed by atoms with Crippen LogP contribution in [0.1, 0.15) is 5.56 Å². The van der Waals surface area contributed by atoms with E-state index in [-0.39, 0.29) is 0 Å². The minimum absolute atomic E-state index is 0.426. The zero-order valence-electron chi connectivity index (χ0n) is 10.5. The van der Waals surface area contributed by atoms with Crippen molar-refractivity contribution >= 4 is 34.5 Å². The van der Waals surface area contributed by atoms with Gasteiger partial charge < -0.3 is 0 Å². The second kappa shape index (κ2) is 5.67. The summed E-state index contributed by atoms with van der Waals surface area (Å²) >= 11 is 6.14. The Morgan fingerprint density at radius 2 is 1.95 bits per heavy atom. The van der Waals surface area contributed by atoms with Crippen molar-refractivity contribution in [1.82, 2.24) is 9.97 Å². The van der Waals surface area contributed by atoms with Crippen molar-refractivity contribution in [3.05, 3.63) is 65.4 Å². The highest BCUT2D eigenvalue weighted by Crippen LogP contribution is 2.19. The summed E-state index contributed by atoms with van der Waals surface area (Å²) in [4.78, 5) is 8.44. The first-order valence-corrected chi connectivity index (χ1v) is 6.46. The Kier molecular flexibility index (Phi) is 3.56. The Morgan fingerprint density at radius 1 is 1.10 bits per heavy atom. The van der Waals surface area contributed by atoms with Crippen LogP contribution in [0.15, 0.2) is 59.8 Å². The summed E-state index contributed by atoms with van der Waals surface area (Å²) in [6.45, 7) is 0.